The van der Waals surface area contributed by atoms with Crippen LogP contribution in [0.4, 0.5) is 0 Å². The Morgan fingerprint density at radius 1 is 0.472 bits per heavy atom. The predicted molar refractivity (Wildman–Crippen MR) is 216 cm³/mol. The standard InChI is InChI=1S/C47H36N6/c1-31-24-39(53-46-18-22-50-29-42(46)43-30-51-23-19-47(43)53)15-12-37(31)26-34-4-10-36(11-5-34)35-8-2-32(3-9-35)25-33-6-13-38(14-7-33)52-44-16-20-48-27-40(44)41-28-49-21-17-45(41)52/h2-23,27-31H,24-26H2,1H3. The van der Waals surface area contributed by atoms with Crippen LogP contribution in [0.3, 0.4) is 0 Å². The summed E-state index contributed by atoms with van der Waals surface area (Å²) in [5.41, 5.74) is 15.0. The van der Waals surface area contributed by atoms with Crippen molar-refractivity contribution in [1.82, 2.24) is 29.1 Å². The SMILES string of the molecule is CC1CC(n2c3ccncc3c3cnccc32)=CC=C1Cc1ccc(-c2ccc(Cc3ccc(-n4c5ccncc5c5cnccc54)cc3)cc2)cc1. The van der Waals surface area contributed by atoms with Crippen LogP contribution in [-0.4, -0.2) is 29.1 Å². The minimum absolute atomic E-state index is 0.443. The number of allylic oxidation sites excluding steroid dienone is 4. The molecule has 1 atom stereocenters. The van der Waals surface area contributed by atoms with Crippen molar-refractivity contribution in [2.75, 3.05) is 0 Å². The molecule has 6 nitrogen and oxygen atoms in total. The van der Waals surface area contributed by atoms with Gasteiger partial charge in [-0.3, -0.25) is 19.9 Å². The zero-order valence-electron chi connectivity index (χ0n) is 29.4. The summed E-state index contributed by atoms with van der Waals surface area (Å²) in [6, 6.07) is 35.4. The minimum atomic E-state index is 0.443. The number of aromatic nitrogens is 6. The number of benzene rings is 3. The fourth-order valence-electron chi connectivity index (χ4n) is 8.15. The van der Waals surface area contributed by atoms with E-state index in [1.165, 1.54) is 50.1 Å². The summed E-state index contributed by atoms with van der Waals surface area (Å²) in [6.45, 7) is 2.35. The zero-order valence-corrected chi connectivity index (χ0v) is 29.4. The molecule has 0 fully saturated rings. The molecule has 0 saturated heterocycles. The normalized spacial score (nSPS) is 14.6. The first-order valence-electron chi connectivity index (χ1n) is 18.2. The quantitative estimate of drug-likeness (QED) is 0.168. The second kappa shape index (κ2) is 12.8. The Balaban J connectivity index is 0.829. The lowest BCUT2D eigenvalue weighted by molar-refractivity contribution is 0.663. The molecule has 1 unspecified atom stereocenters. The number of nitrogens with zero attached hydrogens (tertiary/aromatic N) is 6. The van der Waals surface area contributed by atoms with E-state index in [4.69, 9.17) is 0 Å². The average Bonchev–Trinajstić information content (AvgIpc) is 3.73. The lowest BCUT2D eigenvalue weighted by Gasteiger charge is -2.24. The summed E-state index contributed by atoms with van der Waals surface area (Å²) in [6.07, 6.45) is 22.7. The molecule has 6 heterocycles. The van der Waals surface area contributed by atoms with Gasteiger partial charge in [0.1, 0.15) is 0 Å². The zero-order chi connectivity index (χ0) is 35.3. The smallest absolute Gasteiger partial charge is 0.0572 e. The third kappa shape index (κ3) is 5.51. The van der Waals surface area contributed by atoms with Crippen molar-refractivity contribution < 1.29 is 0 Å². The summed E-state index contributed by atoms with van der Waals surface area (Å²) >= 11 is 0. The molecule has 0 saturated carbocycles. The molecule has 10 rings (SSSR count). The second-order valence-corrected chi connectivity index (χ2v) is 14.2. The highest BCUT2D eigenvalue weighted by atomic mass is 15.0. The highest BCUT2D eigenvalue weighted by Crippen LogP contribution is 2.37. The van der Waals surface area contributed by atoms with Gasteiger partial charge in [0.15, 0.2) is 0 Å². The van der Waals surface area contributed by atoms with Gasteiger partial charge >= 0.3 is 0 Å². The maximum absolute atomic E-state index is 4.39. The summed E-state index contributed by atoms with van der Waals surface area (Å²) in [5.74, 6) is 0.443. The van der Waals surface area contributed by atoms with Gasteiger partial charge in [-0.15, -0.1) is 0 Å². The summed E-state index contributed by atoms with van der Waals surface area (Å²) in [4.78, 5) is 17.5. The van der Waals surface area contributed by atoms with E-state index in [2.05, 4.69) is 145 Å². The Kier molecular flexibility index (Phi) is 7.53. The fraction of sp³-hybridized carbons (Fsp3) is 0.106. The van der Waals surface area contributed by atoms with Crippen molar-refractivity contribution in [3.63, 3.8) is 0 Å². The van der Waals surface area contributed by atoms with E-state index in [1.807, 2.05) is 49.6 Å². The van der Waals surface area contributed by atoms with Crippen molar-refractivity contribution in [1.29, 1.82) is 0 Å². The second-order valence-electron chi connectivity index (χ2n) is 14.2. The molecule has 0 aliphatic heterocycles. The molecular weight excluding hydrogens is 649 g/mol. The first-order valence-corrected chi connectivity index (χ1v) is 18.2. The molecule has 53 heavy (non-hydrogen) atoms. The third-order valence-corrected chi connectivity index (χ3v) is 10.9. The van der Waals surface area contributed by atoms with Crippen molar-refractivity contribution in [2.45, 2.75) is 26.2 Å². The van der Waals surface area contributed by atoms with Gasteiger partial charge in [0.25, 0.3) is 0 Å². The van der Waals surface area contributed by atoms with Gasteiger partial charge in [-0.25, -0.2) is 0 Å². The molecule has 6 aromatic heterocycles. The van der Waals surface area contributed by atoms with Crippen molar-refractivity contribution in [2.24, 2.45) is 5.92 Å². The van der Waals surface area contributed by atoms with E-state index in [9.17, 15) is 0 Å². The van der Waals surface area contributed by atoms with Gasteiger partial charge in [0, 0.05) is 82.5 Å². The van der Waals surface area contributed by atoms with Crippen molar-refractivity contribution in [3.05, 3.63) is 181 Å². The lowest BCUT2D eigenvalue weighted by atomic mass is 9.87. The van der Waals surface area contributed by atoms with Gasteiger partial charge in [-0.1, -0.05) is 79.2 Å². The van der Waals surface area contributed by atoms with Gasteiger partial charge in [-0.2, -0.15) is 0 Å². The Labute approximate surface area is 307 Å². The van der Waals surface area contributed by atoms with Crippen LogP contribution in [0.2, 0.25) is 0 Å². The van der Waals surface area contributed by atoms with Crippen molar-refractivity contribution in [3.8, 4) is 16.8 Å². The van der Waals surface area contributed by atoms with Crippen LogP contribution < -0.4 is 0 Å². The molecule has 1 aliphatic carbocycles. The number of rotatable bonds is 7. The van der Waals surface area contributed by atoms with Crippen LogP contribution in [0.5, 0.6) is 0 Å². The van der Waals surface area contributed by atoms with Crippen LogP contribution >= 0.6 is 0 Å². The molecule has 0 radical (unpaired) electrons. The van der Waals surface area contributed by atoms with Gasteiger partial charge < -0.3 is 9.13 Å². The van der Waals surface area contributed by atoms with Gasteiger partial charge in [0.05, 0.1) is 22.1 Å². The van der Waals surface area contributed by atoms with Crippen molar-refractivity contribution >= 4 is 49.3 Å². The summed E-state index contributed by atoms with van der Waals surface area (Å²) < 4.78 is 4.68. The highest BCUT2D eigenvalue weighted by Gasteiger charge is 2.20. The van der Waals surface area contributed by atoms with Crippen LogP contribution in [0.1, 0.15) is 30.0 Å². The average molecular weight is 685 g/mol. The molecule has 6 heteroatoms. The maximum atomic E-state index is 4.39. The molecule has 254 valence electrons. The monoisotopic (exact) mass is 684 g/mol. The van der Waals surface area contributed by atoms with Crippen LogP contribution in [0.15, 0.2) is 164 Å². The molecular formula is C47H36N6. The summed E-state index contributed by atoms with van der Waals surface area (Å²) in [7, 11) is 0. The minimum Gasteiger partial charge on any atom is -0.313 e. The van der Waals surface area contributed by atoms with E-state index in [0.717, 1.165) is 57.5 Å². The molecule has 9 aromatic rings. The third-order valence-electron chi connectivity index (χ3n) is 10.9. The number of pyridine rings is 4. The van der Waals surface area contributed by atoms with Gasteiger partial charge in [-0.05, 0) is 95.5 Å². The number of fused-ring (bicyclic) bond motifs is 6. The molecule has 0 N–H and O–H groups in total. The van der Waals surface area contributed by atoms with Crippen LogP contribution in [0, 0.1) is 5.92 Å². The number of hydrogen-bond acceptors (Lipinski definition) is 4. The Morgan fingerprint density at radius 2 is 0.887 bits per heavy atom. The highest BCUT2D eigenvalue weighted by molar-refractivity contribution is 6.09. The van der Waals surface area contributed by atoms with E-state index in [1.54, 1.807) is 0 Å². The molecule has 1 aliphatic rings. The first-order chi connectivity index (χ1) is 26.2. The lowest BCUT2D eigenvalue weighted by Crippen LogP contribution is -2.11. The van der Waals surface area contributed by atoms with Crippen LogP contribution in [0.25, 0.3) is 66.1 Å². The molecule has 0 bridgehead atoms. The maximum Gasteiger partial charge on any atom is 0.0572 e. The molecule has 0 spiro atoms. The van der Waals surface area contributed by atoms with Gasteiger partial charge in [0.2, 0.25) is 0 Å². The molecule has 3 aromatic carbocycles. The number of hydrogen-bond donors (Lipinski definition) is 0. The van der Waals surface area contributed by atoms with E-state index in [0.29, 0.717) is 5.92 Å². The Bertz CT molecular complexity index is 2750. The first kappa shape index (κ1) is 31.1. The van der Waals surface area contributed by atoms with E-state index in [-0.39, 0.29) is 0 Å². The van der Waals surface area contributed by atoms with E-state index >= 15 is 0 Å². The fourth-order valence-corrected chi connectivity index (χ4v) is 8.15. The Morgan fingerprint density at radius 3 is 1.34 bits per heavy atom. The summed E-state index contributed by atoms with van der Waals surface area (Å²) in [5, 5.41) is 4.52. The predicted octanol–water partition coefficient (Wildman–Crippen LogP) is 10.8. The molecule has 0 amide bonds. The van der Waals surface area contributed by atoms with E-state index < -0.39 is 0 Å². The Hall–Kier alpha value is -6.66. The van der Waals surface area contributed by atoms with Crippen LogP contribution in [-0.2, 0) is 12.8 Å². The largest absolute Gasteiger partial charge is 0.313 e. The topological polar surface area (TPSA) is 61.4 Å².